The quantitative estimate of drug-likeness (QED) is 0.209. The number of carbonyl (C=O) groups excluding carboxylic acids is 4. The molecule has 4 amide bonds. The van der Waals surface area contributed by atoms with E-state index >= 15 is 0 Å². The average molecular weight is 626 g/mol. The van der Waals surface area contributed by atoms with Crippen molar-refractivity contribution in [2.45, 2.75) is 17.8 Å². The Morgan fingerprint density at radius 1 is 0.444 bits per heavy atom. The first kappa shape index (κ1) is 29.4. The maximum Gasteiger partial charge on any atom is 0.411 e. The molecule has 0 saturated heterocycles. The minimum Gasteiger partial charge on any atom is -0.508 e. The van der Waals surface area contributed by atoms with E-state index in [4.69, 9.17) is 0 Å². The lowest BCUT2D eigenvalue weighted by molar-refractivity contribution is -0.288. The molecule has 2 aliphatic rings. The number of phenolic OH excluding ortho intramolecular Hbond substituents is 2. The molecule has 4 aromatic carbocycles. The number of nitrogens with zero attached hydrogens (tertiary/aromatic N) is 2. The van der Waals surface area contributed by atoms with Crippen molar-refractivity contribution in [1.82, 2.24) is 0 Å². The van der Waals surface area contributed by atoms with Gasteiger partial charge in [-0.1, -0.05) is 24.3 Å². The van der Waals surface area contributed by atoms with E-state index in [-0.39, 0.29) is 45.1 Å². The summed E-state index contributed by atoms with van der Waals surface area (Å²) in [4.78, 5) is 52.4. The number of amides is 4. The number of rotatable bonds is 4. The van der Waals surface area contributed by atoms with Crippen LogP contribution in [0.15, 0.2) is 84.9 Å². The van der Waals surface area contributed by atoms with Crippen molar-refractivity contribution in [3.63, 3.8) is 0 Å². The van der Waals surface area contributed by atoms with Crippen molar-refractivity contribution in [1.29, 1.82) is 0 Å². The van der Waals surface area contributed by atoms with Crippen LogP contribution in [0.4, 0.5) is 37.7 Å². The lowest BCUT2D eigenvalue weighted by Gasteiger charge is -2.38. The molecular formula is C31H16F6N2O6. The van der Waals surface area contributed by atoms with Gasteiger partial charge < -0.3 is 10.2 Å². The molecule has 0 bridgehead atoms. The molecule has 0 saturated carbocycles. The van der Waals surface area contributed by atoms with Crippen molar-refractivity contribution in [3.05, 3.63) is 118 Å². The Hall–Kier alpha value is -5.66. The highest BCUT2D eigenvalue weighted by Crippen LogP contribution is 2.56. The molecule has 2 N–H and O–H groups in total. The van der Waals surface area contributed by atoms with Crippen LogP contribution in [0, 0.1) is 0 Å². The zero-order valence-corrected chi connectivity index (χ0v) is 22.3. The molecule has 4 aromatic rings. The standard InChI is InChI=1S/C31H16F6N2O6/c32-30(33,34)29(31(35,36)37,15-1-5-17(6-2-15)38-25(42)21-11-9-19(40)13-23(21)27(38)44)16-3-7-18(8-4-16)39-26(43)22-12-10-20(41)14-24(22)28(39)45/h1-14,40-41H. The maximum atomic E-state index is 14.7. The number of benzene rings is 4. The molecule has 8 nitrogen and oxygen atoms in total. The number of hydrogen-bond donors (Lipinski definition) is 2. The third-order valence-electron chi connectivity index (χ3n) is 7.71. The second-order valence-electron chi connectivity index (χ2n) is 10.2. The summed E-state index contributed by atoms with van der Waals surface area (Å²) in [5, 5.41) is 19.3. The predicted molar refractivity (Wildman–Crippen MR) is 144 cm³/mol. The Labute approximate surface area is 248 Å². The third-order valence-corrected chi connectivity index (χ3v) is 7.71. The summed E-state index contributed by atoms with van der Waals surface area (Å²) in [6.45, 7) is 0. The van der Waals surface area contributed by atoms with E-state index in [0.717, 1.165) is 60.7 Å². The molecule has 0 radical (unpaired) electrons. The van der Waals surface area contributed by atoms with Crippen LogP contribution in [0.25, 0.3) is 0 Å². The molecular weight excluding hydrogens is 610 g/mol. The minimum absolute atomic E-state index is 0.114. The highest BCUT2D eigenvalue weighted by molar-refractivity contribution is 6.35. The largest absolute Gasteiger partial charge is 0.508 e. The molecule has 0 atom stereocenters. The van der Waals surface area contributed by atoms with Crippen LogP contribution < -0.4 is 9.80 Å². The van der Waals surface area contributed by atoms with Gasteiger partial charge in [-0.05, 0) is 71.8 Å². The van der Waals surface area contributed by atoms with Crippen molar-refractivity contribution < 1.29 is 55.7 Å². The van der Waals surface area contributed by atoms with Gasteiger partial charge >= 0.3 is 12.4 Å². The molecule has 0 fully saturated rings. The molecule has 0 unspecified atom stereocenters. The summed E-state index contributed by atoms with van der Waals surface area (Å²) in [7, 11) is 0. The normalized spacial score (nSPS) is 15.2. The first-order valence-electron chi connectivity index (χ1n) is 12.9. The van der Waals surface area contributed by atoms with Crippen LogP contribution in [0.3, 0.4) is 0 Å². The molecule has 228 valence electrons. The SMILES string of the molecule is O=C1c2ccc(O)cc2C(=O)N1c1ccc(C(c2ccc(N3C(=O)c4ccc(O)cc4C3=O)cc2)(C(F)(F)F)C(F)(F)F)cc1. The summed E-state index contributed by atoms with van der Waals surface area (Å²) in [6.07, 6.45) is -12.0. The number of anilines is 2. The molecule has 0 aromatic heterocycles. The maximum absolute atomic E-state index is 14.7. The van der Waals surface area contributed by atoms with Crippen LogP contribution >= 0.6 is 0 Å². The van der Waals surface area contributed by atoms with E-state index in [0.29, 0.717) is 34.1 Å². The summed E-state index contributed by atoms with van der Waals surface area (Å²) in [5.41, 5.74) is -8.43. The Balaban J connectivity index is 1.41. The number of hydrogen-bond acceptors (Lipinski definition) is 6. The molecule has 2 aliphatic heterocycles. The van der Waals surface area contributed by atoms with Gasteiger partial charge in [0.15, 0.2) is 0 Å². The van der Waals surface area contributed by atoms with Gasteiger partial charge in [-0.3, -0.25) is 19.2 Å². The topological polar surface area (TPSA) is 115 Å². The summed E-state index contributed by atoms with van der Waals surface area (Å²) in [5.74, 6) is -4.31. The van der Waals surface area contributed by atoms with Crippen LogP contribution in [-0.2, 0) is 5.41 Å². The van der Waals surface area contributed by atoms with Crippen molar-refractivity contribution in [2.24, 2.45) is 0 Å². The smallest absolute Gasteiger partial charge is 0.411 e. The lowest BCUT2D eigenvalue weighted by Crippen LogP contribution is -2.54. The summed E-state index contributed by atoms with van der Waals surface area (Å²) >= 11 is 0. The fraction of sp³-hybridized carbons (Fsp3) is 0.0968. The van der Waals surface area contributed by atoms with Gasteiger partial charge in [0, 0.05) is 0 Å². The van der Waals surface area contributed by atoms with Gasteiger partial charge in [0.1, 0.15) is 11.5 Å². The van der Waals surface area contributed by atoms with Crippen molar-refractivity contribution >= 4 is 35.0 Å². The fourth-order valence-electron chi connectivity index (χ4n) is 5.63. The van der Waals surface area contributed by atoms with E-state index in [1.54, 1.807) is 0 Å². The number of alkyl halides is 6. The van der Waals surface area contributed by atoms with E-state index in [1.807, 2.05) is 0 Å². The number of imide groups is 2. The molecule has 0 spiro atoms. The third kappa shape index (κ3) is 4.16. The Bertz CT molecular complexity index is 1790. The Morgan fingerprint density at radius 2 is 0.756 bits per heavy atom. The zero-order valence-electron chi connectivity index (χ0n) is 22.3. The minimum atomic E-state index is -5.98. The average Bonchev–Trinajstić information content (AvgIpc) is 3.36. The number of fused-ring (bicyclic) bond motifs is 2. The van der Waals surface area contributed by atoms with E-state index in [2.05, 4.69) is 0 Å². The number of halogens is 6. The van der Waals surface area contributed by atoms with Gasteiger partial charge in [-0.15, -0.1) is 0 Å². The zero-order chi connectivity index (χ0) is 32.6. The van der Waals surface area contributed by atoms with Gasteiger partial charge in [-0.25, -0.2) is 9.80 Å². The van der Waals surface area contributed by atoms with Crippen LogP contribution in [-0.4, -0.2) is 46.2 Å². The molecule has 6 rings (SSSR count). The van der Waals surface area contributed by atoms with Crippen LogP contribution in [0.5, 0.6) is 11.5 Å². The first-order valence-corrected chi connectivity index (χ1v) is 12.9. The van der Waals surface area contributed by atoms with Crippen molar-refractivity contribution in [3.8, 4) is 11.5 Å². The van der Waals surface area contributed by atoms with E-state index < -0.39 is 52.5 Å². The Kier molecular flexibility index (Phi) is 6.32. The molecule has 45 heavy (non-hydrogen) atoms. The number of carbonyl (C=O) groups is 4. The number of phenols is 2. The van der Waals surface area contributed by atoms with Gasteiger partial charge in [-0.2, -0.15) is 26.3 Å². The van der Waals surface area contributed by atoms with Gasteiger partial charge in [0.2, 0.25) is 5.41 Å². The lowest BCUT2D eigenvalue weighted by atomic mass is 9.73. The second-order valence-corrected chi connectivity index (χ2v) is 10.2. The van der Waals surface area contributed by atoms with Gasteiger partial charge in [0.25, 0.3) is 23.6 Å². The van der Waals surface area contributed by atoms with E-state index in [1.165, 1.54) is 0 Å². The van der Waals surface area contributed by atoms with Crippen LogP contribution in [0.2, 0.25) is 0 Å². The van der Waals surface area contributed by atoms with Crippen LogP contribution in [0.1, 0.15) is 52.6 Å². The fourth-order valence-corrected chi connectivity index (χ4v) is 5.63. The molecule has 14 heteroatoms. The monoisotopic (exact) mass is 626 g/mol. The molecule has 0 aliphatic carbocycles. The Morgan fingerprint density at radius 3 is 1.07 bits per heavy atom. The predicted octanol–water partition coefficient (Wildman–Crippen LogP) is 6.11. The second kappa shape index (κ2) is 9.67. The first-order chi connectivity index (χ1) is 21.1. The van der Waals surface area contributed by atoms with Gasteiger partial charge in [0.05, 0.1) is 33.6 Å². The molecule has 2 heterocycles. The highest BCUT2D eigenvalue weighted by Gasteiger charge is 2.72. The number of aromatic hydroxyl groups is 2. The summed E-state index contributed by atoms with van der Waals surface area (Å²) in [6, 6.07) is 11.7. The van der Waals surface area contributed by atoms with Crippen molar-refractivity contribution in [2.75, 3.05) is 9.80 Å². The summed E-state index contributed by atoms with van der Waals surface area (Å²) < 4.78 is 88.3. The highest BCUT2D eigenvalue weighted by atomic mass is 19.4. The van der Waals surface area contributed by atoms with E-state index in [9.17, 15) is 55.7 Å².